The Hall–Kier alpha value is 0.651. The molecule has 0 aromatic rings. The van der Waals surface area contributed by atoms with E-state index < -0.39 is 0 Å². The topological polar surface area (TPSA) is 0 Å². The van der Waals surface area contributed by atoms with E-state index in [9.17, 15) is 0 Å². The highest BCUT2D eigenvalue weighted by Gasteiger charge is 2.16. The lowest BCUT2D eigenvalue weighted by Gasteiger charge is -1.50. The van der Waals surface area contributed by atoms with Crippen LogP contribution in [-0.2, 0) is 0 Å². The Labute approximate surface area is 32.2 Å². The molecule has 1 aliphatic heterocycles. The minimum atomic E-state index is 0.389. The number of rotatable bonds is 0. The Bertz CT molecular complexity index is 22.5. The lowest BCUT2D eigenvalue weighted by Crippen LogP contribution is -1.74. The summed E-state index contributed by atoms with van der Waals surface area (Å²) in [7, 11) is 2.13. The van der Waals surface area contributed by atoms with E-state index in [0.717, 1.165) is 17.1 Å². The van der Waals surface area contributed by atoms with E-state index in [2.05, 4.69) is 6.55 Å². The van der Waals surface area contributed by atoms with E-state index in [1.807, 2.05) is 0 Å². The summed E-state index contributed by atoms with van der Waals surface area (Å²) in [5.74, 6) is 0. The summed E-state index contributed by atoms with van der Waals surface area (Å²) in [6.45, 7) is 2.54. The Morgan fingerprint density at radius 2 is 1.75 bits per heavy atom. The Kier molecular flexibility index (Phi) is 0.575. The van der Waals surface area contributed by atoms with E-state index >= 15 is 0 Å². The Balaban J connectivity index is 2.17. The van der Waals surface area contributed by atoms with Crippen LogP contribution >= 0.6 is 0 Å². The first-order valence-electron chi connectivity index (χ1n) is 1.89. The minimum absolute atomic E-state index is 0.389. The van der Waals surface area contributed by atoms with E-state index in [-0.39, 0.29) is 0 Å². The smallest absolute Gasteiger partial charge is 0.00320 e. The van der Waals surface area contributed by atoms with Gasteiger partial charge in [-0.15, -0.1) is 0 Å². The molecule has 0 bridgehead atoms. The molecule has 0 atom stereocenters. The van der Waals surface area contributed by atoms with Gasteiger partial charge in [0.15, 0.2) is 0 Å². The van der Waals surface area contributed by atoms with Gasteiger partial charge >= 0.3 is 0 Å². The van der Waals surface area contributed by atoms with Crippen molar-refractivity contribution in [3.63, 3.8) is 0 Å². The van der Waals surface area contributed by atoms with Gasteiger partial charge in [0.1, 0.15) is 0 Å². The van der Waals surface area contributed by atoms with Gasteiger partial charge in [-0.05, 0) is 17.1 Å². The van der Waals surface area contributed by atoms with Crippen LogP contribution in [-0.4, -0.2) is 24.9 Å². The van der Waals surface area contributed by atoms with E-state index in [4.69, 9.17) is 0 Å². The van der Waals surface area contributed by atoms with Crippen LogP contribution in [0.25, 0.3) is 0 Å². The third-order valence-electron chi connectivity index (χ3n) is 0.866. The quantitative estimate of drug-likeness (QED) is 0.315. The van der Waals surface area contributed by atoms with Gasteiger partial charge < -0.3 is 0 Å². The lowest BCUT2D eigenvalue weighted by atomic mass is 11.9. The van der Waals surface area contributed by atoms with Gasteiger partial charge in [-0.3, -0.25) is 0 Å². The third kappa shape index (κ3) is 0.542. The van der Waals surface area contributed by atoms with E-state index in [1.165, 1.54) is 0 Å². The van der Waals surface area contributed by atoms with Crippen LogP contribution in [0.15, 0.2) is 0 Å². The van der Waals surface area contributed by atoms with Crippen molar-refractivity contribution in [3.8, 4) is 0 Å². The summed E-state index contributed by atoms with van der Waals surface area (Å²) < 4.78 is 0. The van der Waals surface area contributed by atoms with Crippen LogP contribution < -0.4 is 0 Å². The molecule has 0 amide bonds. The predicted molar refractivity (Wildman–Crippen MR) is 30.1 cm³/mol. The molecule has 0 nitrogen and oxygen atoms in total. The molecule has 0 unspecified atom stereocenters. The highest BCUT2D eigenvalue weighted by atomic mass is 30.1. The minimum Gasteiger partial charge on any atom is -0.0770 e. The maximum atomic E-state index is 2.54. The molecule has 1 fully saturated rings. The van der Waals surface area contributed by atoms with Crippen molar-refractivity contribution >= 4 is 24.9 Å². The first-order valence-corrected chi connectivity index (χ1v) is 13.6. The second-order valence-electron chi connectivity index (χ2n) is 1.68. The Morgan fingerprint density at radius 3 is 1.75 bits per heavy atom. The first kappa shape index (κ1) is 2.87. The average Bonchev–Trinajstić information content (AvgIpc) is 1.75. The first-order chi connectivity index (χ1) is 1.89. The zero-order valence-electron chi connectivity index (χ0n) is 2.99. The third-order valence-corrected chi connectivity index (χ3v) is 23.4. The summed E-state index contributed by atoms with van der Waals surface area (Å²) in [5, 5.41) is 0. The molecule has 0 spiro atoms. The Morgan fingerprint density at radius 1 is 1.50 bits per heavy atom. The van der Waals surface area contributed by atoms with Gasteiger partial charge in [0.25, 0.3) is 0 Å². The van der Waals surface area contributed by atoms with Gasteiger partial charge in [0.05, 0.1) is 0 Å². The molecule has 3 heteroatoms. The lowest BCUT2D eigenvalue weighted by molar-refractivity contribution is 2.35. The number of hydrogen-bond acceptors (Lipinski definition) is 0. The normalized spacial score (nSPS) is 51.8. The predicted octanol–water partition coefficient (Wildman–Crippen LogP) is -1.90. The molecular formula is CH8Si3. The SMILES string of the molecule is C[SiH]1[SiH2][SiH2]1. The summed E-state index contributed by atoms with van der Waals surface area (Å²) in [4.78, 5) is 0. The fourth-order valence-corrected chi connectivity index (χ4v) is 13.5. The van der Waals surface area contributed by atoms with Crippen molar-refractivity contribution < 1.29 is 0 Å². The molecule has 1 aliphatic rings. The average molecular weight is 104 g/mol. The van der Waals surface area contributed by atoms with Crippen LogP contribution in [0.5, 0.6) is 0 Å². The molecule has 0 N–H and O–H groups in total. The monoisotopic (exact) mass is 104 g/mol. The van der Waals surface area contributed by atoms with Crippen molar-refractivity contribution in [2.45, 2.75) is 6.55 Å². The standard InChI is InChI=1S/CH8Si3/c1-4-2-3-4/h4H,2-3H2,1H3. The summed E-state index contributed by atoms with van der Waals surface area (Å²) in [6.07, 6.45) is 0. The number of hydrogen-bond donors (Lipinski definition) is 0. The van der Waals surface area contributed by atoms with Gasteiger partial charge in [-0.25, -0.2) is 0 Å². The molecule has 4 heavy (non-hydrogen) atoms. The molecular weight excluding hydrogens is 96.3 g/mol. The molecule has 24 valence electrons. The van der Waals surface area contributed by atoms with Crippen LogP contribution in [0.3, 0.4) is 0 Å². The van der Waals surface area contributed by atoms with Crippen molar-refractivity contribution in [2.24, 2.45) is 0 Å². The molecule has 0 saturated carbocycles. The summed E-state index contributed by atoms with van der Waals surface area (Å²) in [6, 6.07) is 0. The van der Waals surface area contributed by atoms with Crippen LogP contribution in [0, 0.1) is 0 Å². The van der Waals surface area contributed by atoms with Gasteiger partial charge in [-0.1, -0.05) is 6.55 Å². The van der Waals surface area contributed by atoms with Crippen LogP contribution in [0.1, 0.15) is 0 Å². The zero-order chi connectivity index (χ0) is 2.99. The zero-order valence-corrected chi connectivity index (χ0v) is 6.97. The highest BCUT2D eigenvalue weighted by molar-refractivity contribution is 7.82. The fourth-order valence-electron chi connectivity index (χ4n) is 0.167. The molecule has 1 rings (SSSR count). The van der Waals surface area contributed by atoms with E-state index in [1.54, 1.807) is 0 Å². The van der Waals surface area contributed by atoms with Crippen LogP contribution in [0.2, 0.25) is 6.55 Å². The largest absolute Gasteiger partial charge is 0.0770 e. The molecule has 0 aromatic carbocycles. The summed E-state index contributed by atoms with van der Waals surface area (Å²) >= 11 is 0. The maximum absolute atomic E-state index is 2.54. The van der Waals surface area contributed by atoms with Crippen molar-refractivity contribution in [2.75, 3.05) is 0 Å². The van der Waals surface area contributed by atoms with E-state index in [0.29, 0.717) is 7.83 Å². The molecule has 0 radical (unpaired) electrons. The van der Waals surface area contributed by atoms with Crippen molar-refractivity contribution in [1.29, 1.82) is 0 Å². The molecule has 0 aromatic heterocycles. The van der Waals surface area contributed by atoms with Gasteiger partial charge in [0, 0.05) is 7.83 Å². The highest BCUT2D eigenvalue weighted by Crippen LogP contribution is 1.85. The fraction of sp³-hybridized carbons (Fsp3) is 1.00. The maximum Gasteiger partial charge on any atom is 0.00320 e. The summed E-state index contributed by atoms with van der Waals surface area (Å²) in [5.41, 5.74) is 0. The van der Waals surface area contributed by atoms with Crippen LogP contribution in [0.4, 0.5) is 0 Å². The van der Waals surface area contributed by atoms with Crippen molar-refractivity contribution in [1.82, 2.24) is 0 Å². The molecule has 1 heterocycles. The second-order valence-corrected chi connectivity index (χ2v) is 30.7. The second kappa shape index (κ2) is 0.803. The van der Waals surface area contributed by atoms with Gasteiger partial charge in [0.2, 0.25) is 0 Å². The molecule has 0 aliphatic carbocycles. The van der Waals surface area contributed by atoms with Gasteiger partial charge in [-0.2, -0.15) is 0 Å². The molecule has 1 saturated heterocycles. The van der Waals surface area contributed by atoms with Crippen molar-refractivity contribution in [3.05, 3.63) is 0 Å².